The number of hydrogen-bond acceptors (Lipinski definition) is 12. The molecule has 15 nitrogen and oxygen atoms in total. The molecule has 3 heterocycles. The summed E-state index contributed by atoms with van der Waals surface area (Å²) in [7, 11) is 0. The van der Waals surface area contributed by atoms with Gasteiger partial charge in [-0.15, -0.1) is 11.3 Å². The number of carbonyl (C=O) groups excluding carboxylic acids is 3. The molecule has 0 bridgehead atoms. The number of alkyl carbamates (subject to hydrolysis) is 1. The molecule has 58 heavy (non-hydrogen) atoms. The monoisotopic (exact) mass is 835 g/mol. The third-order valence-corrected chi connectivity index (χ3v) is 12.8. The molecule has 4 N–H and O–H groups in total. The Morgan fingerprint density at radius 3 is 2.47 bits per heavy atom. The van der Waals surface area contributed by atoms with Crippen LogP contribution in [0.1, 0.15) is 80.1 Å². The SMILES string of the molecule is CC[C@@H]1CC1(NC(=O)[C@@H]1C[C@H](Oc2cc(-c3csc(NC(C)C)n3)nc3c(Cl)c(OCC#N)ccc23)CN1C(=O)[C@H](NC(=O)OC1CC2C[C@H]2C1)C(C)(C)C)C(=O)O. The predicted octanol–water partition coefficient (Wildman–Crippen LogP) is 6.39. The molecule has 310 valence electrons. The van der Waals surface area contributed by atoms with Crippen molar-refractivity contribution in [1.29, 1.82) is 5.26 Å². The number of nitriles is 1. The van der Waals surface area contributed by atoms with Gasteiger partial charge in [0.25, 0.3) is 0 Å². The topological polar surface area (TPSA) is 205 Å². The molecule has 3 amide bonds. The minimum absolute atomic E-state index is 0.0195. The Morgan fingerprint density at radius 1 is 1.09 bits per heavy atom. The van der Waals surface area contributed by atoms with Crippen molar-refractivity contribution in [3.8, 4) is 29.0 Å². The number of amides is 3. The number of aliphatic carboxylic acids is 1. The quantitative estimate of drug-likeness (QED) is 0.139. The zero-order valence-electron chi connectivity index (χ0n) is 33.5. The average molecular weight is 836 g/mol. The largest absolute Gasteiger partial charge is 0.488 e. The zero-order valence-corrected chi connectivity index (χ0v) is 35.0. The fraction of sp³-hybridized carbons (Fsp3) is 0.585. The Morgan fingerprint density at radius 2 is 1.83 bits per heavy atom. The van der Waals surface area contributed by atoms with E-state index in [4.69, 9.17) is 41.0 Å². The third kappa shape index (κ3) is 8.47. The standard InChI is InChI=1S/C41H50ClN7O8S/c1-7-23-17-41(23,37(52)53)48-35(50)29-15-25(18-49(29)36(51)34(40(4,5)6)47-39(54)57-24-13-21-12-22(21)14-24)56-31-16-27(28-19-58-38(46-28)44-20(2)3)45-33-26(31)8-9-30(32(33)42)55-11-10-43/h8-9,16,19-25,29,34H,7,11-15,17-18H2,1-6H3,(H,44,46)(H,47,54)(H,48,50)(H,52,53)/t21-,22?,23+,24?,25-,29-,34-,41?/m0/s1. The fourth-order valence-corrected chi connectivity index (χ4v) is 9.50. The van der Waals surface area contributed by atoms with E-state index in [1.165, 1.54) is 16.2 Å². The van der Waals surface area contributed by atoms with Crippen LogP contribution in [-0.4, -0.2) is 92.9 Å². The van der Waals surface area contributed by atoms with Gasteiger partial charge in [-0.1, -0.05) is 45.7 Å². The summed E-state index contributed by atoms with van der Waals surface area (Å²) in [5.41, 5.74) is -0.909. The number of aromatic nitrogens is 2. The first-order valence-corrected chi connectivity index (χ1v) is 21.1. The van der Waals surface area contributed by atoms with Crippen molar-refractivity contribution in [3.63, 3.8) is 0 Å². The molecule has 0 spiro atoms. The van der Waals surface area contributed by atoms with E-state index in [1.807, 2.05) is 53.0 Å². The minimum Gasteiger partial charge on any atom is -0.488 e. The second kappa shape index (κ2) is 16.1. The van der Waals surface area contributed by atoms with Crippen molar-refractivity contribution in [2.45, 2.75) is 116 Å². The number of ether oxygens (including phenoxy) is 3. The molecule has 3 saturated carbocycles. The summed E-state index contributed by atoms with van der Waals surface area (Å²) in [4.78, 5) is 65.6. The van der Waals surface area contributed by atoms with E-state index in [0.717, 1.165) is 19.3 Å². The summed E-state index contributed by atoms with van der Waals surface area (Å²) >= 11 is 8.25. The number of nitrogens with zero attached hydrogens (tertiary/aromatic N) is 4. The summed E-state index contributed by atoms with van der Waals surface area (Å²) in [6, 6.07) is 4.92. The normalized spacial score (nSPS) is 26.4. The van der Waals surface area contributed by atoms with Crippen molar-refractivity contribution in [3.05, 3.63) is 28.6 Å². The van der Waals surface area contributed by atoms with Gasteiger partial charge in [0.15, 0.2) is 11.7 Å². The Hall–Kier alpha value is -4.88. The molecular weight excluding hydrogens is 786 g/mol. The zero-order chi connectivity index (χ0) is 41.7. The molecule has 3 aromatic rings. The number of carboxylic acid groups (broad SMARTS) is 1. The molecule has 7 rings (SSSR count). The van der Waals surface area contributed by atoms with Crippen LogP contribution in [0.4, 0.5) is 9.93 Å². The Bertz CT molecular complexity index is 2140. The molecule has 2 aromatic heterocycles. The van der Waals surface area contributed by atoms with Gasteiger partial charge in [-0.05, 0) is 74.8 Å². The van der Waals surface area contributed by atoms with Gasteiger partial charge in [0, 0.05) is 29.3 Å². The highest BCUT2D eigenvalue weighted by molar-refractivity contribution is 7.14. The molecule has 1 aliphatic heterocycles. The van der Waals surface area contributed by atoms with Crippen LogP contribution in [0.15, 0.2) is 23.6 Å². The maximum Gasteiger partial charge on any atom is 0.408 e. The van der Waals surface area contributed by atoms with Crippen molar-refractivity contribution in [2.75, 3.05) is 18.5 Å². The van der Waals surface area contributed by atoms with Crippen LogP contribution in [-0.2, 0) is 19.1 Å². The van der Waals surface area contributed by atoms with E-state index in [9.17, 15) is 24.3 Å². The molecule has 17 heteroatoms. The van der Waals surface area contributed by atoms with Gasteiger partial charge in [0.2, 0.25) is 11.8 Å². The second-order valence-corrected chi connectivity index (χ2v) is 18.6. The lowest BCUT2D eigenvalue weighted by Gasteiger charge is -2.35. The lowest BCUT2D eigenvalue weighted by atomic mass is 9.85. The highest BCUT2D eigenvalue weighted by Gasteiger charge is 2.61. The Labute approximate surface area is 346 Å². The van der Waals surface area contributed by atoms with E-state index < -0.39 is 53.0 Å². The lowest BCUT2D eigenvalue weighted by molar-refractivity contribution is -0.146. The second-order valence-electron chi connectivity index (χ2n) is 17.3. The molecule has 8 atom stereocenters. The number of halogens is 1. The Kier molecular flexibility index (Phi) is 11.4. The van der Waals surface area contributed by atoms with Crippen molar-refractivity contribution in [1.82, 2.24) is 25.5 Å². The molecule has 0 radical (unpaired) electrons. The summed E-state index contributed by atoms with van der Waals surface area (Å²) in [5.74, 6) is -0.729. The predicted molar refractivity (Wildman–Crippen MR) is 217 cm³/mol. The number of hydrogen-bond donors (Lipinski definition) is 4. The molecule has 4 fully saturated rings. The molecule has 3 unspecified atom stereocenters. The van der Waals surface area contributed by atoms with Crippen molar-refractivity contribution >= 4 is 62.8 Å². The third-order valence-electron chi connectivity index (χ3n) is 11.6. The summed E-state index contributed by atoms with van der Waals surface area (Å²) in [5, 5.41) is 31.4. The number of fused-ring (bicyclic) bond motifs is 2. The number of anilines is 1. The number of carboxylic acids is 1. The number of carbonyl (C=O) groups is 4. The molecule has 1 saturated heterocycles. The Balaban J connectivity index is 1.21. The number of benzene rings is 1. The number of pyridine rings is 1. The van der Waals surface area contributed by atoms with E-state index in [-0.39, 0.29) is 54.8 Å². The summed E-state index contributed by atoms with van der Waals surface area (Å²) in [6.45, 7) is 11.0. The van der Waals surface area contributed by atoms with Gasteiger partial charge in [-0.2, -0.15) is 5.26 Å². The summed E-state index contributed by atoms with van der Waals surface area (Å²) < 4.78 is 18.0. The van der Waals surface area contributed by atoms with Crippen LogP contribution < -0.4 is 25.4 Å². The molecule has 4 aliphatic rings. The van der Waals surface area contributed by atoms with E-state index in [2.05, 4.69) is 16.0 Å². The van der Waals surface area contributed by atoms with E-state index >= 15 is 0 Å². The number of likely N-dealkylation sites (tertiary alicyclic amines) is 1. The number of thiazole rings is 1. The van der Waals surface area contributed by atoms with Crippen LogP contribution in [0.3, 0.4) is 0 Å². The highest BCUT2D eigenvalue weighted by Crippen LogP contribution is 2.52. The van der Waals surface area contributed by atoms with E-state index in [1.54, 1.807) is 18.2 Å². The van der Waals surface area contributed by atoms with Gasteiger partial charge in [0.05, 0.1) is 17.8 Å². The van der Waals surface area contributed by atoms with Gasteiger partial charge in [0.1, 0.15) is 58.1 Å². The first kappa shape index (κ1) is 41.3. The first-order valence-electron chi connectivity index (χ1n) is 19.9. The molecular formula is C41H50ClN7O8S. The van der Waals surface area contributed by atoms with Crippen LogP contribution in [0, 0.1) is 34.5 Å². The van der Waals surface area contributed by atoms with Gasteiger partial charge in [-0.25, -0.2) is 19.6 Å². The molecule has 3 aliphatic carbocycles. The number of rotatable bonds is 14. The van der Waals surface area contributed by atoms with Crippen LogP contribution in [0.5, 0.6) is 11.5 Å². The van der Waals surface area contributed by atoms with Gasteiger partial charge >= 0.3 is 12.1 Å². The fourth-order valence-electron chi connectivity index (χ4n) is 8.39. The van der Waals surface area contributed by atoms with E-state index in [0.29, 0.717) is 51.4 Å². The van der Waals surface area contributed by atoms with Crippen molar-refractivity contribution in [2.24, 2.45) is 23.2 Å². The average Bonchev–Trinajstić information content (AvgIpc) is 3.83. The van der Waals surface area contributed by atoms with Gasteiger partial charge < -0.3 is 40.2 Å². The van der Waals surface area contributed by atoms with Crippen LogP contribution in [0.25, 0.3) is 22.3 Å². The minimum atomic E-state index is -1.43. The van der Waals surface area contributed by atoms with Crippen molar-refractivity contribution < 1.29 is 38.5 Å². The molecule has 1 aromatic carbocycles. The maximum absolute atomic E-state index is 14.7. The lowest BCUT2D eigenvalue weighted by Crippen LogP contribution is -2.59. The number of nitrogens with one attached hydrogen (secondary N) is 3. The first-order chi connectivity index (χ1) is 27.5. The summed E-state index contributed by atoms with van der Waals surface area (Å²) in [6.07, 6.45) is 1.99. The highest BCUT2D eigenvalue weighted by atomic mass is 35.5. The maximum atomic E-state index is 14.7. The smallest absolute Gasteiger partial charge is 0.408 e. The van der Waals surface area contributed by atoms with Crippen LogP contribution >= 0.6 is 22.9 Å². The van der Waals surface area contributed by atoms with Crippen LogP contribution in [0.2, 0.25) is 5.02 Å². The van der Waals surface area contributed by atoms with Gasteiger partial charge in [-0.3, -0.25) is 9.59 Å².